The predicted molar refractivity (Wildman–Crippen MR) is 106 cm³/mol. The second-order valence-corrected chi connectivity index (χ2v) is 7.32. The second-order valence-electron chi connectivity index (χ2n) is 7.32. The van der Waals surface area contributed by atoms with Gasteiger partial charge in [0.05, 0.1) is 31.4 Å². The number of fused-ring (bicyclic) bond motifs is 1. The molecular weight excluding hydrogens is 356 g/mol. The van der Waals surface area contributed by atoms with Crippen LogP contribution in [-0.4, -0.2) is 32.1 Å². The van der Waals surface area contributed by atoms with Crippen molar-refractivity contribution in [1.82, 2.24) is 5.32 Å². The van der Waals surface area contributed by atoms with Crippen LogP contribution in [0.3, 0.4) is 0 Å². The quantitative estimate of drug-likeness (QED) is 0.885. The van der Waals surface area contributed by atoms with E-state index in [1.165, 1.54) is 0 Å². The molecule has 6 heteroatoms. The molecule has 6 nitrogen and oxygen atoms in total. The number of benzene rings is 2. The first kappa shape index (κ1) is 18.3. The van der Waals surface area contributed by atoms with Crippen LogP contribution >= 0.6 is 0 Å². The molecule has 4 rings (SSSR count). The lowest BCUT2D eigenvalue weighted by Gasteiger charge is -2.27. The van der Waals surface area contributed by atoms with Crippen molar-refractivity contribution in [3.63, 3.8) is 0 Å². The number of ether oxygens (including phenoxy) is 2. The first-order valence-corrected chi connectivity index (χ1v) is 9.54. The van der Waals surface area contributed by atoms with Gasteiger partial charge < -0.3 is 19.7 Å². The summed E-state index contributed by atoms with van der Waals surface area (Å²) in [5.41, 5.74) is 2.75. The summed E-state index contributed by atoms with van der Waals surface area (Å²) >= 11 is 0. The minimum absolute atomic E-state index is 0.0589. The highest BCUT2D eigenvalue weighted by Gasteiger charge is 2.37. The van der Waals surface area contributed by atoms with Crippen LogP contribution in [0, 0.1) is 12.8 Å². The van der Waals surface area contributed by atoms with Crippen LogP contribution in [0.15, 0.2) is 42.5 Å². The third-order valence-electron chi connectivity index (χ3n) is 5.40. The maximum atomic E-state index is 12.9. The van der Waals surface area contributed by atoms with E-state index in [-0.39, 0.29) is 30.2 Å². The summed E-state index contributed by atoms with van der Waals surface area (Å²) in [4.78, 5) is 27.2. The van der Waals surface area contributed by atoms with Crippen molar-refractivity contribution in [3.8, 4) is 11.5 Å². The van der Waals surface area contributed by atoms with Gasteiger partial charge in [0.25, 0.3) is 0 Å². The van der Waals surface area contributed by atoms with Gasteiger partial charge in [-0.1, -0.05) is 24.3 Å². The van der Waals surface area contributed by atoms with Crippen LogP contribution in [0.1, 0.15) is 30.0 Å². The molecule has 2 aliphatic heterocycles. The number of amides is 2. The van der Waals surface area contributed by atoms with Crippen LogP contribution in [-0.2, 0) is 9.59 Å². The van der Waals surface area contributed by atoms with Crippen LogP contribution < -0.4 is 19.7 Å². The Hall–Kier alpha value is -3.02. The van der Waals surface area contributed by atoms with Crippen LogP contribution in [0.5, 0.6) is 11.5 Å². The normalized spacial score (nSPS) is 21.1. The summed E-state index contributed by atoms with van der Waals surface area (Å²) in [5.74, 6) is 0.916. The van der Waals surface area contributed by atoms with Gasteiger partial charge in [0.2, 0.25) is 11.8 Å². The predicted octanol–water partition coefficient (Wildman–Crippen LogP) is 3.00. The number of nitrogens with zero attached hydrogens (tertiary/aromatic N) is 1. The number of hydrogen-bond acceptors (Lipinski definition) is 4. The molecule has 0 radical (unpaired) electrons. The van der Waals surface area contributed by atoms with E-state index in [0.29, 0.717) is 18.9 Å². The summed E-state index contributed by atoms with van der Waals surface area (Å²) in [5, 5.41) is 3.12. The molecule has 1 saturated heterocycles. The summed E-state index contributed by atoms with van der Waals surface area (Å²) in [6.45, 7) is 2.89. The molecule has 0 spiro atoms. The summed E-state index contributed by atoms with van der Waals surface area (Å²) in [7, 11) is 1.58. The number of aryl methyl sites for hydroxylation is 1. The molecular formula is C22H24N2O4. The fourth-order valence-corrected chi connectivity index (χ4v) is 3.91. The average molecular weight is 380 g/mol. The van der Waals surface area contributed by atoms with Crippen LogP contribution in [0.4, 0.5) is 5.69 Å². The highest BCUT2D eigenvalue weighted by Crippen LogP contribution is 2.35. The Morgan fingerprint density at radius 2 is 2.07 bits per heavy atom. The molecule has 1 fully saturated rings. The lowest BCUT2D eigenvalue weighted by Crippen LogP contribution is -2.37. The average Bonchev–Trinajstić information content (AvgIpc) is 3.10. The van der Waals surface area contributed by atoms with E-state index >= 15 is 0 Å². The first-order valence-electron chi connectivity index (χ1n) is 9.54. The largest absolute Gasteiger partial charge is 0.495 e. The zero-order valence-electron chi connectivity index (χ0n) is 16.1. The number of anilines is 1. The highest BCUT2D eigenvalue weighted by molar-refractivity contribution is 6.01. The number of carbonyl (C=O) groups is 2. The molecule has 1 N–H and O–H groups in total. The topological polar surface area (TPSA) is 67.9 Å². The molecule has 28 heavy (non-hydrogen) atoms. The Bertz CT molecular complexity index is 911. The summed E-state index contributed by atoms with van der Waals surface area (Å²) < 4.78 is 11.1. The number of rotatable bonds is 4. The van der Waals surface area contributed by atoms with Gasteiger partial charge in [-0.25, -0.2) is 0 Å². The number of nitrogens with one attached hydrogen (secondary N) is 1. The van der Waals surface area contributed by atoms with Crippen molar-refractivity contribution < 1.29 is 19.1 Å². The third kappa shape index (κ3) is 3.42. The number of carbonyl (C=O) groups excluding carboxylic acids is 2. The zero-order chi connectivity index (χ0) is 19.7. The van der Waals surface area contributed by atoms with E-state index in [0.717, 1.165) is 29.0 Å². The van der Waals surface area contributed by atoms with E-state index in [2.05, 4.69) is 5.32 Å². The smallest absolute Gasteiger partial charge is 0.227 e. The Morgan fingerprint density at radius 3 is 2.89 bits per heavy atom. The lowest BCUT2D eigenvalue weighted by atomic mass is 9.99. The fourth-order valence-electron chi connectivity index (χ4n) is 3.91. The van der Waals surface area contributed by atoms with Gasteiger partial charge in [0.15, 0.2) is 0 Å². The molecule has 2 aromatic carbocycles. The van der Waals surface area contributed by atoms with E-state index in [4.69, 9.17) is 9.47 Å². The Balaban J connectivity index is 1.49. The van der Waals surface area contributed by atoms with Crippen molar-refractivity contribution in [3.05, 3.63) is 53.6 Å². The number of para-hydroxylation sites is 1. The second kappa shape index (κ2) is 7.54. The van der Waals surface area contributed by atoms with E-state index in [1.807, 2.05) is 49.4 Å². The molecule has 0 aromatic heterocycles. The van der Waals surface area contributed by atoms with Gasteiger partial charge in [-0.05, 0) is 30.7 Å². The molecule has 2 atom stereocenters. The van der Waals surface area contributed by atoms with E-state index < -0.39 is 0 Å². The van der Waals surface area contributed by atoms with E-state index in [1.54, 1.807) is 12.0 Å². The monoisotopic (exact) mass is 380 g/mol. The van der Waals surface area contributed by atoms with Crippen molar-refractivity contribution in [2.24, 2.45) is 5.92 Å². The first-order chi connectivity index (χ1) is 13.6. The van der Waals surface area contributed by atoms with Crippen LogP contribution in [0.25, 0.3) is 0 Å². The minimum atomic E-state index is -0.382. The van der Waals surface area contributed by atoms with Crippen molar-refractivity contribution in [2.45, 2.75) is 25.8 Å². The lowest BCUT2D eigenvalue weighted by molar-refractivity contribution is -0.127. The zero-order valence-corrected chi connectivity index (χ0v) is 16.1. The SMILES string of the molecule is COc1ccc(C)cc1N1C[C@H](C(=O)N[C@@H]2CCOc3ccccc32)CC1=O. The van der Waals surface area contributed by atoms with Gasteiger partial charge in [-0.2, -0.15) is 0 Å². The van der Waals surface area contributed by atoms with Crippen molar-refractivity contribution in [2.75, 3.05) is 25.2 Å². The Kier molecular flexibility index (Phi) is 4.94. The molecule has 0 aliphatic carbocycles. The van der Waals surface area contributed by atoms with Crippen LogP contribution in [0.2, 0.25) is 0 Å². The summed E-state index contributed by atoms with van der Waals surface area (Å²) in [6.07, 6.45) is 0.923. The standard InChI is InChI=1S/C22H24N2O4/c1-14-7-8-20(27-2)18(11-14)24-13-15(12-21(24)25)22(26)23-17-9-10-28-19-6-4-3-5-16(17)19/h3-8,11,15,17H,9-10,12-13H2,1-2H3,(H,23,26)/t15-,17-/m1/s1. The van der Waals surface area contributed by atoms with Gasteiger partial charge in [-0.15, -0.1) is 0 Å². The molecule has 2 aromatic rings. The fraction of sp³-hybridized carbons (Fsp3) is 0.364. The molecule has 0 unspecified atom stereocenters. The van der Waals surface area contributed by atoms with Gasteiger partial charge in [0, 0.05) is 24.9 Å². The van der Waals surface area contributed by atoms with Crippen molar-refractivity contribution >= 4 is 17.5 Å². The Labute approximate surface area is 164 Å². The molecule has 146 valence electrons. The maximum absolute atomic E-state index is 12.9. The number of methoxy groups -OCH3 is 1. The summed E-state index contributed by atoms with van der Waals surface area (Å²) in [6, 6.07) is 13.4. The molecule has 2 amide bonds. The maximum Gasteiger partial charge on any atom is 0.227 e. The highest BCUT2D eigenvalue weighted by atomic mass is 16.5. The minimum Gasteiger partial charge on any atom is -0.495 e. The molecule has 2 heterocycles. The molecule has 0 saturated carbocycles. The van der Waals surface area contributed by atoms with E-state index in [9.17, 15) is 9.59 Å². The molecule has 2 aliphatic rings. The third-order valence-corrected chi connectivity index (χ3v) is 5.40. The van der Waals surface area contributed by atoms with Gasteiger partial charge in [-0.3, -0.25) is 9.59 Å². The number of hydrogen-bond donors (Lipinski definition) is 1. The molecule has 0 bridgehead atoms. The van der Waals surface area contributed by atoms with Gasteiger partial charge >= 0.3 is 0 Å². The van der Waals surface area contributed by atoms with Crippen molar-refractivity contribution in [1.29, 1.82) is 0 Å². The Morgan fingerprint density at radius 1 is 1.25 bits per heavy atom. The van der Waals surface area contributed by atoms with Gasteiger partial charge in [0.1, 0.15) is 11.5 Å².